The second kappa shape index (κ2) is 4.74. The van der Waals surface area contributed by atoms with E-state index in [0.29, 0.717) is 10.9 Å². The number of nitrogens with zero attached hydrogens (tertiary/aromatic N) is 2. The molecule has 18 heavy (non-hydrogen) atoms. The standard InChI is InChI=1S/C13H15BrClN3/c14-10-6-9(15)7-18-12(16)11(17-13(10)18)8-4-2-1-3-5-8/h6-8H,1-5,16H2. The third-order valence-corrected chi connectivity index (χ3v) is 4.49. The third kappa shape index (κ3) is 2.01. The van der Waals surface area contributed by atoms with Crippen molar-refractivity contribution in [1.29, 1.82) is 0 Å². The van der Waals surface area contributed by atoms with Gasteiger partial charge in [0.15, 0.2) is 5.65 Å². The maximum Gasteiger partial charge on any atom is 0.153 e. The summed E-state index contributed by atoms with van der Waals surface area (Å²) >= 11 is 9.55. The summed E-state index contributed by atoms with van der Waals surface area (Å²) in [5.41, 5.74) is 8.13. The Morgan fingerprint density at radius 1 is 1.33 bits per heavy atom. The zero-order chi connectivity index (χ0) is 12.7. The van der Waals surface area contributed by atoms with E-state index in [-0.39, 0.29) is 0 Å². The highest BCUT2D eigenvalue weighted by molar-refractivity contribution is 9.10. The number of pyridine rings is 1. The number of imidazole rings is 1. The highest BCUT2D eigenvalue weighted by atomic mass is 79.9. The fourth-order valence-corrected chi connectivity index (χ4v) is 3.65. The summed E-state index contributed by atoms with van der Waals surface area (Å²) < 4.78 is 2.78. The van der Waals surface area contributed by atoms with Crippen molar-refractivity contribution in [1.82, 2.24) is 9.38 Å². The van der Waals surface area contributed by atoms with Crippen molar-refractivity contribution in [2.75, 3.05) is 5.73 Å². The summed E-state index contributed by atoms with van der Waals surface area (Å²) in [5.74, 6) is 1.24. The summed E-state index contributed by atoms with van der Waals surface area (Å²) in [6, 6.07) is 1.86. The van der Waals surface area contributed by atoms with Gasteiger partial charge in [-0.15, -0.1) is 0 Å². The van der Waals surface area contributed by atoms with Crippen molar-refractivity contribution in [2.24, 2.45) is 0 Å². The Hall–Kier alpha value is -0.740. The van der Waals surface area contributed by atoms with Crippen molar-refractivity contribution in [3.05, 3.63) is 27.5 Å². The molecule has 1 aliphatic carbocycles. The lowest BCUT2D eigenvalue weighted by atomic mass is 9.87. The average Bonchev–Trinajstić information content (AvgIpc) is 2.69. The van der Waals surface area contributed by atoms with Crippen LogP contribution in [-0.2, 0) is 0 Å². The molecule has 3 rings (SSSR count). The van der Waals surface area contributed by atoms with Crippen LogP contribution >= 0.6 is 27.5 Å². The maximum atomic E-state index is 6.23. The van der Waals surface area contributed by atoms with Crippen molar-refractivity contribution < 1.29 is 0 Å². The number of anilines is 1. The molecule has 1 aliphatic rings. The first-order valence-electron chi connectivity index (χ1n) is 6.29. The summed E-state index contributed by atoms with van der Waals surface area (Å²) in [7, 11) is 0. The normalized spacial score (nSPS) is 17.4. The quantitative estimate of drug-likeness (QED) is 0.844. The second-order valence-corrected chi connectivity index (χ2v) is 6.21. The number of hydrogen-bond donors (Lipinski definition) is 1. The SMILES string of the molecule is Nc1c(C2CCCCC2)nc2c(Br)cc(Cl)cn12. The van der Waals surface area contributed by atoms with E-state index in [0.717, 1.165) is 21.6 Å². The van der Waals surface area contributed by atoms with Crippen LogP contribution < -0.4 is 5.73 Å². The lowest BCUT2D eigenvalue weighted by molar-refractivity contribution is 0.439. The van der Waals surface area contributed by atoms with Gasteiger partial charge in [0, 0.05) is 12.1 Å². The molecule has 1 fully saturated rings. The molecule has 0 radical (unpaired) electrons. The van der Waals surface area contributed by atoms with Crippen molar-refractivity contribution in [3.63, 3.8) is 0 Å². The largest absolute Gasteiger partial charge is 0.383 e. The molecular formula is C13H15BrClN3. The van der Waals surface area contributed by atoms with Crippen molar-refractivity contribution >= 4 is 39.0 Å². The average molecular weight is 329 g/mol. The van der Waals surface area contributed by atoms with Crippen molar-refractivity contribution in [3.8, 4) is 0 Å². The number of nitrogen functional groups attached to an aromatic ring is 1. The minimum atomic E-state index is 0.504. The molecule has 0 aromatic carbocycles. The molecule has 0 saturated heterocycles. The molecular weight excluding hydrogens is 314 g/mol. The Balaban J connectivity index is 2.13. The van der Waals surface area contributed by atoms with Gasteiger partial charge >= 0.3 is 0 Å². The van der Waals surface area contributed by atoms with Gasteiger partial charge in [0.1, 0.15) is 5.82 Å². The van der Waals surface area contributed by atoms with Crippen LogP contribution in [0.4, 0.5) is 5.82 Å². The van der Waals surface area contributed by atoms with Crippen molar-refractivity contribution in [2.45, 2.75) is 38.0 Å². The molecule has 2 heterocycles. The van der Waals surface area contributed by atoms with Gasteiger partial charge in [-0.05, 0) is 34.8 Å². The highest BCUT2D eigenvalue weighted by Crippen LogP contribution is 2.36. The Bertz CT molecular complexity index is 587. The predicted molar refractivity (Wildman–Crippen MR) is 78.1 cm³/mol. The molecule has 0 amide bonds. The zero-order valence-electron chi connectivity index (χ0n) is 10.00. The number of nitrogens with two attached hydrogens (primary N) is 1. The summed E-state index contributed by atoms with van der Waals surface area (Å²) in [4.78, 5) is 4.71. The number of aromatic nitrogens is 2. The molecule has 2 aromatic heterocycles. The van der Waals surface area contributed by atoms with E-state index >= 15 is 0 Å². The topological polar surface area (TPSA) is 43.3 Å². The van der Waals surface area contributed by atoms with E-state index < -0.39 is 0 Å². The van der Waals surface area contributed by atoms with E-state index in [1.54, 1.807) is 0 Å². The predicted octanol–water partition coefficient (Wildman–Crippen LogP) is 4.38. The second-order valence-electron chi connectivity index (χ2n) is 4.92. The molecule has 0 aliphatic heterocycles. The van der Waals surface area contributed by atoms with Gasteiger partial charge in [-0.3, -0.25) is 4.40 Å². The Labute approximate surface area is 119 Å². The molecule has 5 heteroatoms. The van der Waals surface area contributed by atoms with Gasteiger partial charge in [0.25, 0.3) is 0 Å². The van der Waals surface area contributed by atoms with E-state index in [1.807, 2.05) is 16.7 Å². The molecule has 0 unspecified atom stereocenters. The molecule has 0 bridgehead atoms. The lowest BCUT2D eigenvalue weighted by Gasteiger charge is -2.20. The number of hydrogen-bond acceptors (Lipinski definition) is 2. The molecule has 2 N–H and O–H groups in total. The van der Waals surface area contributed by atoms with Gasteiger partial charge in [-0.1, -0.05) is 30.9 Å². The van der Waals surface area contributed by atoms with Crippen LogP contribution in [0.2, 0.25) is 5.02 Å². The van der Waals surface area contributed by atoms with Gasteiger partial charge in [-0.25, -0.2) is 4.98 Å². The minimum Gasteiger partial charge on any atom is -0.383 e. The molecule has 3 nitrogen and oxygen atoms in total. The van der Waals surface area contributed by atoms with Crippen LogP contribution in [0.25, 0.3) is 5.65 Å². The molecule has 0 atom stereocenters. The third-order valence-electron chi connectivity index (χ3n) is 3.70. The van der Waals surface area contributed by atoms with Crippen LogP contribution in [0.15, 0.2) is 16.7 Å². The Morgan fingerprint density at radius 2 is 2.06 bits per heavy atom. The Kier molecular flexibility index (Phi) is 3.24. The maximum absolute atomic E-state index is 6.23. The summed E-state index contributed by atoms with van der Waals surface area (Å²) in [5, 5.41) is 0.661. The number of halogens is 2. The van der Waals surface area contributed by atoms with Crippen LogP contribution in [0.3, 0.4) is 0 Å². The van der Waals surface area contributed by atoms with E-state index in [9.17, 15) is 0 Å². The van der Waals surface area contributed by atoms with E-state index in [1.165, 1.54) is 32.1 Å². The number of fused-ring (bicyclic) bond motifs is 1. The monoisotopic (exact) mass is 327 g/mol. The van der Waals surface area contributed by atoms with Gasteiger partial charge in [0.05, 0.1) is 15.2 Å². The van der Waals surface area contributed by atoms with Gasteiger partial charge < -0.3 is 5.73 Å². The van der Waals surface area contributed by atoms with Crippen LogP contribution in [0.1, 0.15) is 43.7 Å². The summed E-state index contributed by atoms with van der Waals surface area (Å²) in [6.45, 7) is 0. The molecule has 1 saturated carbocycles. The first kappa shape index (κ1) is 12.3. The first-order chi connectivity index (χ1) is 8.66. The molecule has 96 valence electrons. The first-order valence-corrected chi connectivity index (χ1v) is 7.46. The fourth-order valence-electron chi connectivity index (χ4n) is 2.78. The highest BCUT2D eigenvalue weighted by Gasteiger charge is 2.22. The van der Waals surface area contributed by atoms with Crippen LogP contribution in [0, 0.1) is 0 Å². The fraction of sp³-hybridized carbons (Fsp3) is 0.462. The smallest absolute Gasteiger partial charge is 0.153 e. The van der Waals surface area contributed by atoms with Gasteiger partial charge in [-0.2, -0.15) is 0 Å². The lowest BCUT2D eigenvalue weighted by Crippen LogP contribution is -2.07. The zero-order valence-corrected chi connectivity index (χ0v) is 12.3. The van der Waals surface area contributed by atoms with Crippen LogP contribution in [-0.4, -0.2) is 9.38 Å². The minimum absolute atomic E-state index is 0.504. The van der Waals surface area contributed by atoms with Gasteiger partial charge in [0.2, 0.25) is 0 Å². The molecule has 2 aromatic rings. The number of rotatable bonds is 1. The van der Waals surface area contributed by atoms with E-state index in [4.69, 9.17) is 22.3 Å². The Morgan fingerprint density at radius 3 is 2.78 bits per heavy atom. The summed E-state index contributed by atoms with van der Waals surface area (Å²) in [6.07, 6.45) is 8.11. The van der Waals surface area contributed by atoms with E-state index in [2.05, 4.69) is 15.9 Å². The van der Waals surface area contributed by atoms with Crippen LogP contribution in [0.5, 0.6) is 0 Å². The molecule has 0 spiro atoms.